The predicted octanol–water partition coefficient (Wildman–Crippen LogP) is 4.54. The van der Waals surface area contributed by atoms with Gasteiger partial charge in [0.05, 0.1) is 16.8 Å². The van der Waals surface area contributed by atoms with E-state index in [4.69, 9.17) is 4.74 Å². The molecular weight excluding hydrogens is 362 g/mol. The van der Waals surface area contributed by atoms with Crippen molar-refractivity contribution in [3.05, 3.63) is 48.0 Å². The highest BCUT2D eigenvalue weighted by Crippen LogP contribution is 2.28. The molecule has 7 heteroatoms. The zero-order valence-electron chi connectivity index (χ0n) is 15.4. The summed E-state index contributed by atoms with van der Waals surface area (Å²) in [6.07, 6.45) is 0. The summed E-state index contributed by atoms with van der Waals surface area (Å²) in [5, 5.41) is 6.22. The highest BCUT2D eigenvalue weighted by atomic mass is 32.1. The number of amides is 2. The van der Waals surface area contributed by atoms with Gasteiger partial charge < -0.3 is 15.4 Å². The molecule has 1 aromatic heterocycles. The number of thiazole rings is 1. The minimum Gasteiger partial charge on any atom is -0.494 e. The second-order valence-corrected chi connectivity index (χ2v) is 7.29. The quantitative estimate of drug-likeness (QED) is 0.655. The summed E-state index contributed by atoms with van der Waals surface area (Å²) in [4.78, 5) is 28.7. The zero-order valence-corrected chi connectivity index (χ0v) is 16.2. The molecule has 0 aliphatic heterocycles. The SMILES string of the molecule is CCOc1ccc(C(=O)Nc2ccc3sc(NC(=O)C(C)C)nc3c2)cc1. The summed E-state index contributed by atoms with van der Waals surface area (Å²) in [6.45, 7) is 6.15. The summed E-state index contributed by atoms with van der Waals surface area (Å²) >= 11 is 1.40. The number of benzene rings is 2. The molecule has 0 aliphatic carbocycles. The number of carbonyl (C=O) groups is 2. The van der Waals surface area contributed by atoms with E-state index in [1.165, 1.54) is 11.3 Å². The molecule has 2 aromatic carbocycles. The van der Waals surface area contributed by atoms with Crippen molar-refractivity contribution in [2.45, 2.75) is 20.8 Å². The van der Waals surface area contributed by atoms with Crippen molar-refractivity contribution in [2.24, 2.45) is 5.92 Å². The van der Waals surface area contributed by atoms with Gasteiger partial charge in [0.1, 0.15) is 5.75 Å². The van der Waals surface area contributed by atoms with Gasteiger partial charge >= 0.3 is 0 Å². The molecule has 0 fully saturated rings. The van der Waals surface area contributed by atoms with E-state index in [-0.39, 0.29) is 17.7 Å². The lowest BCUT2D eigenvalue weighted by molar-refractivity contribution is -0.118. The first-order chi connectivity index (χ1) is 13.0. The maximum Gasteiger partial charge on any atom is 0.255 e. The lowest BCUT2D eigenvalue weighted by Gasteiger charge is -2.07. The van der Waals surface area contributed by atoms with E-state index in [2.05, 4.69) is 15.6 Å². The minimum atomic E-state index is -0.207. The van der Waals surface area contributed by atoms with E-state index < -0.39 is 0 Å². The largest absolute Gasteiger partial charge is 0.494 e. The fourth-order valence-corrected chi connectivity index (χ4v) is 3.23. The van der Waals surface area contributed by atoms with Gasteiger partial charge in [-0.1, -0.05) is 25.2 Å². The standard InChI is InChI=1S/C20H21N3O3S/c1-4-26-15-8-5-13(6-9-15)19(25)21-14-7-10-17-16(11-14)22-20(27-17)23-18(24)12(2)3/h5-12H,4H2,1-3H3,(H,21,25)(H,22,23,24). The number of aromatic nitrogens is 1. The molecule has 3 rings (SSSR count). The molecule has 27 heavy (non-hydrogen) atoms. The Labute approximate surface area is 161 Å². The van der Waals surface area contributed by atoms with Crippen LogP contribution in [-0.2, 0) is 4.79 Å². The Morgan fingerprint density at radius 3 is 2.52 bits per heavy atom. The minimum absolute atomic E-state index is 0.0712. The van der Waals surface area contributed by atoms with E-state index in [9.17, 15) is 9.59 Å². The number of hydrogen-bond donors (Lipinski definition) is 2. The van der Waals surface area contributed by atoms with Crippen LogP contribution in [0.25, 0.3) is 10.2 Å². The van der Waals surface area contributed by atoms with Crippen LogP contribution in [0, 0.1) is 5.92 Å². The van der Waals surface area contributed by atoms with Crippen LogP contribution in [0.3, 0.4) is 0 Å². The second-order valence-electron chi connectivity index (χ2n) is 6.26. The van der Waals surface area contributed by atoms with Crippen LogP contribution >= 0.6 is 11.3 Å². The van der Waals surface area contributed by atoms with E-state index >= 15 is 0 Å². The Kier molecular flexibility index (Phi) is 5.71. The van der Waals surface area contributed by atoms with Crippen LogP contribution in [0.2, 0.25) is 0 Å². The molecule has 0 radical (unpaired) electrons. The van der Waals surface area contributed by atoms with E-state index in [1.807, 2.05) is 32.9 Å². The normalized spacial score (nSPS) is 10.8. The topological polar surface area (TPSA) is 80.3 Å². The molecule has 2 N–H and O–H groups in total. The Hall–Kier alpha value is -2.93. The number of ether oxygens (including phenoxy) is 1. The summed E-state index contributed by atoms with van der Waals surface area (Å²) in [5.41, 5.74) is 1.92. The van der Waals surface area contributed by atoms with E-state index in [1.54, 1.807) is 30.3 Å². The average Bonchev–Trinajstić information content (AvgIpc) is 3.04. The third-order valence-corrected chi connectivity index (χ3v) is 4.78. The van der Waals surface area contributed by atoms with Gasteiger partial charge in [0.25, 0.3) is 5.91 Å². The highest BCUT2D eigenvalue weighted by molar-refractivity contribution is 7.22. The van der Waals surface area contributed by atoms with E-state index in [0.717, 1.165) is 16.0 Å². The predicted molar refractivity (Wildman–Crippen MR) is 109 cm³/mol. The number of carbonyl (C=O) groups excluding carboxylic acids is 2. The van der Waals surface area contributed by atoms with Gasteiger partial charge in [-0.25, -0.2) is 4.98 Å². The smallest absolute Gasteiger partial charge is 0.255 e. The third-order valence-electron chi connectivity index (χ3n) is 3.83. The lowest BCUT2D eigenvalue weighted by Crippen LogP contribution is -2.17. The fourth-order valence-electron chi connectivity index (χ4n) is 2.38. The summed E-state index contributed by atoms with van der Waals surface area (Å²) < 4.78 is 6.32. The Bertz CT molecular complexity index is 964. The second kappa shape index (κ2) is 8.18. The summed E-state index contributed by atoms with van der Waals surface area (Å²) in [5.74, 6) is 0.342. The molecule has 0 bridgehead atoms. The average molecular weight is 383 g/mol. The third kappa shape index (κ3) is 4.62. The molecule has 0 saturated heterocycles. The number of nitrogens with zero attached hydrogens (tertiary/aromatic N) is 1. The Balaban J connectivity index is 1.72. The number of hydrogen-bond acceptors (Lipinski definition) is 5. The molecule has 140 valence electrons. The number of anilines is 2. The number of nitrogens with one attached hydrogen (secondary N) is 2. The molecular formula is C20H21N3O3S. The van der Waals surface area contributed by atoms with Crippen LogP contribution in [0.5, 0.6) is 5.75 Å². The van der Waals surface area contributed by atoms with Gasteiger partial charge in [-0.3, -0.25) is 9.59 Å². The van der Waals surface area contributed by atoms with Crippen LogP contribution in [0.4, 0.5) is 10.8 Å². The van der Waals surface area contributed by atoms with Crippen molar-refractivity contribution < 1.29 is 14.3 Å². The molecule has 2 amide bonds. The molecule has 0 atom stereocenters. The fraction of sp³-hybridized carbons (Fsp3) is 0.250. The van der Waals surface area contributed by atoms with Crippen LogP contribution in [0.15, 0.2) is 42.5 Å². The molecule has 0 unspecified atom stereocenters. The highest BCUT2D eigenvalue weighted by Gasteiger charge is 2.12. The van der Waals surface area contributed by atoms with Crippen molar-refractivity contribution in [1.29, 1.82) is 0 Å². The monoisotopic (exact) mass is 383 g/mol. The maximum absolute atomic E-state index is 12.4. The molecule has 3 aromatic rings. The number of rotatable bonds is 6. The van der Waals surface area contributed by atoms with Crippen molar-refractivity contribution >= 4 is 44.2 Å². The summed E-state index contributed by atoms with van der Waals surface area (Å²) in [7, 11) is 0. The van der Waals surface area contributed by atoms with Gasteiger partial charge in [0.15, 0.2) is 5.13 Å². The molecule has 0 saturated carbocycles. The van der Waals surface area contributed by atoms with Crippen molar-refractivity contribution in [3.8, 4) is 5.75 Å². The first kappa shape index (κ1) is 18.8. The van der Waals surface area contributed by atoms with Crippen molar-refractivity contribution in [2.75, 3.05) is 17.2 Å². The molecule has 0 aliphatic rings. The first-order valence-electron chi connectivity index (χ1n) is 8.72. The van der Waals surface area contributed by atoms with Gasteiger partial charge in [0.2, 0.25) is 5.91 Å². The zero-order chi connectivity index (χ0) is 19.4. The van der Waals surface area contributed by atoms with Gasteiger partial charge in [-0.15, -0.1) is 0 Å². The Morgan fingerprint density at radius 1 is 1.11 bits per heavy atom. The van der Waals surface area contributed by atoms with Gasteiger partial charge in [0, 0.05) is 17.2 Å². The molecule has 6 nitrogen and oxygen atoms in total. The van der Waals surface area contributed by atoms with Crippen LogP contribution < -0.4 is 15.4 Å². The number of fused-ring (bicyclic) bond motifs is 1. The lowest BCUT2D eigenvalue weighted by atomic mass is 10.2. The first-order valence-corrected chi connectivity index (χ1v) is 9.53. The van der Waals surface area contributed by atoms with Crippen LogP contribution in [0.1, 0.15) is 31.1 Å². The van der Waals surface area contributed by atoms with Crippen molar-refractivity contribution in [3.63, 3.8) is 0 Å². The molecule has 1 heterocycles. The maximum atomic E-state index is 12.4. The van der Waals surface area contributed by atoms with Crippen molar-refractivity contribution in [1.82, 2.24) is 4.98 Å². The van der Waals surface area contributed by atoms with E-state index in [0.29, 0.717) is 23.0 Å². The van der Waals surface area contributed by atoms with Crippen LogP contribution in [-0.4, -0.2) is 23.4 Å². The van der Waals surface area contributed by atoms with Gasteiger partial charge in [-0.2, -0.15) is 0 Å². The summed E-state index contributed by atoms with van der Waals surface area (Å²) in [6, 6.07) is 12.5. The van der Waals surface area contributed by atoms with Gasteiger partial charge in [-0.05, 0) is 49.4 Å². The Morgan fingerprint density at radius 2 is 1.85 bits per heavy atom. The molecule has 0 spiro atoms.